The van der Waals surface area contributed by atoms with Gasteiger partial charge in [0.05, 0.1) is 0 Å². The molecule has 0 spiro atoms. The summed E-state index contributed by atoms with van der Waals surface area (Å²) >= 11 is 5.83. The fraction of sp³-hybridized carbons (Fsp3) is 0.333. The van der Waals surface area contributed by atoms with Crippen LogP contribution in [0.2, 0.25) is 5.28 Å². The monoisotopic (exact) mass is 236 g/mol. The van der Waals surface area contributed by atoms with E-state index in [1.165, 1.54) is 0 Å². The first-order valence-corrected chi connectivity index (χ1v) is 5.35. The van der Waals surface area contributed by atoms with Crippen LogP contribution in [-0.2, 0) is 0 Å². The molecule has 3 rings (SSSR count). The van der Waals surface area contributed by atoms with Crippen LogP contribution < -0.4 is 5.32 Å². The van der Waals surface area contributed by atoms with Crippen LogP contribution in [0.5, 0.6) is 0 Å². The van der Waals surface area contributed by atoms with Crippen molar-refractivity contribution in [3.05, 3.63) is 24.0 Å². The van der Waals surface area contributed by atoms with Crippen LogP contribution in [0.3, 0.4) is 0 Å². The van der Waals surface area contributed by atoms with Gasteiger partial charge < -0.3 is 5.32 Å². The topological polar surface area (TPSA) is 68.5 Å². The van der Waals surface area contributed by atoms with Crippen LogP contribution in [0.25, 0.3) is 5.95 Å². The van der Waals surface area contributed by atoms with E-state index in [-0.39, 0.29) is 5.28 Å². The Morgan fingerprint density at radius 2 is 2.19 bits per heavy atom. The maximum atomic E-state index is 5.83. The van der Waals surface area contributed by atoms with E-state index in [4.69, 9.17) is 11.6 Å². The average molecular weight is 237 g/mol. The molecule has 0 aromatic carbocycles. The zero-order valence-electron chi connectivity index (χ0n) is 8.34. The van der Waals surface area contributed by atoms with Crippen molar-refractivity contribution in [3.8, 4) is 5.95 Å². The molecule has 7 heteroatoms. The summed E-state index contributed by atoms with van der Waals surface area (Å²) in [5.74, 6) is 0.992. The van der Waals surface area contributed by atoms with Crippen LogP contribution in [0.15, 0.2) is 18.7 Å². The molecular formula is C9H9ClN6. The molecule has 82 valence electrons. The van der Waals surface area contributed by atoms with Crippen molar-refractivity contribution in [2.24, 2.45) is 0 Å². The molecule has 1 N–H and O–H groups in total. The van der Waals surface area contributed by atoms with Gasteiger partial charge in [0.2, 0.25) is 17.2 Å². The minimum absolute atomic E-state index is 0.182. The van der Waals surface area contributed by atoms with E-state index in [1.807, 2.05) is 0 Å². The Morgan fingerprint density at radius 1 is 1.31 bits per heavy atom. The van der Waals surface area contributed by atoms with Crippen molar-refractivity contribution in [3.63, 3.8) is 0 Å². The maximum Gasteiger partial charge on any atom is 0.241 e. The number of nitrogens with one attached hydrogen (secondary N) is 1. The van der Waals surface area contributed by atoms with Crippen LogP contribution in [0.4, 0.5) is 5.95 Å². The zero-order valence-corrected chi connectivity index (χ0v) is 9.09. The van der Waals surface area contributed by atoms with Gasteiger partial charge in [-0.2, -0.15) is 15.0 Å². The van der Waals surface area contributed by atoms with Crippen LogP contribution in [-0.4, -0.2) is 30.5 Å². The van der Waals surface area contributed by atoms with Crippen LogP contribution >= 0.6 is 11.6 Å². The van der Waals surface area contributed by atoms with Crippen molar-refractivity contribution < 1.29 is 0 Å². The van der Waals surface area contributed by atoms with E-state index in [0.717, 1.165) is 12.8 Å². The number of hydrogen-bond donors (Lipinski definition) is 1. The van der Waals surface area contributed by atoms with E-state index in [9.17, 15) is 0 Å². The Balaban J connectivity index is 1.95. The predicted octanol–water partition coefficient (Wildman–Crippen LogP) is 1.28. The molecule has 1 fully saturated rings. The summed E-state index contributed by atoms with van der Waals surface area (Å²) in [6, 6.07) is 0.481. The number of nitrogens with zero attached hydrogens (tertiary/aromatic N) is 5. The summed E-state index contributed by atoms with van der Waals surface area (Å²) in [7, 11) is 0. The summed E-state index contributed by atoms with van der Waals surface area (Å²) in [5.41, 5.74) is 0. The lowest BCUT2D eigenvalue weighted by Gasteiger charge is -2.05. The van der Waals surface area contributed by atoms with Crippen molar-refractivity contribution in [2.45, 2.75) is 18.9 Å². The maximum absolute atomic E-state index is 5.83. The van der Waals surface area contributed by atoms with Crippen molar-refractivity contribution in [1.29, 1.82) is 0 Å². The molecule has 1 aliphatic rings. The normalized spacial score (nSPS) is 15.1. The summed E-state index contributed by atoms with van der Waals surface area (Å²) in [6.45, 7) is 0. The van der Waals surface area contributed by atoms with E-state index >= 15 is 0 Å². The minimum Gasteiger partial charge on any atom is -0.351 e. The Labute approximate surface area is 96.7 Å². The summed E-state index contributed by atoms with van der Waals surface area (Å²) in [5, 5.41) is 3.36. The summed E-state index contributed by atoms with van der Waals surface area (Å²) < 4.78 is 1.69. The van der Waals surface area contributed by atoms with E-state index in [2.05, 4.69) is 25.3 Å². The summed E-state index contributed by atoms with van der Waals surface area (Å²) in [6.07, 6.45) is 7.35. The first kappa shape index (κ1) is 9.53. The Hall–Kier alpha value is -1.69. The number of hydrogen-bond acceptors (Lipinski definition) is 5. The molecule has 16 heavy (non-hydrogen) atoms. The Morgan fingerprint density at radius 3 is 2.88 bits per heavy atom. The highest BCUT2D eigenvalue weighted by Gasteiger charge is 2.22. The van der Waals surface area contributed by atoms with Gasteiger partial charge in [0.25, 0.3) is 0 Å². The molecule has 0 amide bonds. The Kier molecular flexibility index (Phi) is 2.21. The fourth-order valence-electron chi connectivity index (χ4n) is 1.31. The molecular weight excluding hydrogens is 228 g/mol. The largest absolute Gasteiger partial charge is 0.351 e. The molecule has 0 atom stereocenters. The number of anilines is 1. The number of halogens is 1. The third-order valence-corrected chi connectivity index (χ3v) is 2.41. The second-order valence-electron chi connectivity index (χ2n) is 3.62. The van der Waals surface area contributed by atoms with Gasteiger partial charge in [-0.25, -0.2) is 4.98 Å². The van der Waals surface area contributed by atoms with Gasteiger partial charge in [0.1, 0.15) is 6.33 Å². The third kappa shape index (κ3) is 1.96. The lowest BCUT2D eigenvalue weighted by Crippen LogP contribution is -2.09. The smallest absolute Gasteiger partial charge is 0.241 e. The van der Waals surface area contributed by atoms with E-state index < -0.39 is 0 Å². The number of aromatic nitrogens is 5. The molecule has 2 aromatic rings. The molecule has 0 radical (unpaired) electrons. The molecule has 2 aromatic heterocycles. The molecule has 1 saturated carbocycles. The third-order valence-electron chi connectivity index (χ3n) is 2.24. The highest BCUT2D eigenvalue weighted by Crippen LogP contribution is 2.23. The standard InChI is InChI=1S/C9H9ClN6/c10-7-13-8(12-6-1-2-6)15-9(14-7)16-4-3-11-5-16/h3-6H,1-2H2,(H,12,13,14,15). The van der Waals surface area contributed by atoms with Gasteiger partial charge in [-0.3, -0.25) is 4.57 Å². The first-order valence-electron chi connectivity index (χ1n) is 4.98. The highest BCUT2D eigenvalue weighted by molar-refractivity contribution is 6.28. The first-order chi connectivity index (χ1) is 7.81. The zero-order chi connectivity index (χ0) is 11.0. The average Bonchev–Trinajstić information content (AvgIpc) is 2.90. The van der Waals surface area contributed by atoms with Gasteiger partial charge in [-0.1, -0.05) is 0 Å². The second-order valence-corrected chi connectivity index (χ2v) is 3.95. The Bertz CT molecular complexity index is 493. The molecule has 0 aliphatic heterocycles. The van der Waals surface area contributed by atoms with Gasteiger partial charge in [0.15, 0.2) is 0 Å². The van der Waals surface area contributed by atoms with Crippen LogP contribution in [0, 0.1) is 0 Å². The van der Waals surface area contributed by atoms with Crippen molar-refractivity contribution in [2.75, 3.05) is 5.32 Å². The molecule has 6 nitrogen and oxygen atoms in total. The minimum atomic E-state index is 0.182. The lowest BCUT2D eigenvalue weighted by atomic mass is 10.7. The molecule has 0 unspecified atom stereocenters. The quantitative estimate of drug-likeness (QED) is 0.870. The highest BCUT2D eigenvalue weighted by atomic mass is 35.5. The number of imidazole rings is 1. The molecule has 0 bridgehead atoms. The van der Waals surface area contributed by atoms with Gasteiger partial charge in [0, 0.05) is 18.4 Å². The number of rotatable bonds is 3. The predicted molar refractivity (Wildman–Crippen MR) is 58.6 cm³/mol. The van der Waals surface area contributed by atoms with Crippen molar-refractivity contribution in [1.82, 2.24) is 24.5 Å². The molecule has 2 heterocycles. The van der Waals surface area contributed by atoms with Gasteiger partial charge in [-0.15, -0.1) is 0 Å². The van der Waals surface area contributed by atoms with Crippen LogP contribution in [0.1, 0.15) is 12.8 Å². The second kappa shape index (κ2) is 3.71. The molecule has 1 aliphatic carbocycles. The van der Waals surface area contributed by atoms with E-state index in [1.54, 1.807) is 23.3 Å². The van der Waals surface area contributed by atoms with E-state index in [0.29, 0.717) is 17.9 Å². The lowest BCUT2D eigenvalue weighted by molar-refractivity contribution is 0.888. The van der Waals surface area contributed by atoms with Gasteiger partial charge >= 0.3 is 0 Å². The van der Waals surface area contributed by atoms with Crippen molar-refractivity contribution >= 4 is 17.5 Å². The SMILES string of the molecule is Clc1nc(NC2CC2)nc(-n2ccnc2)n1. The van der Waals surface area contributed by atoms with Gasteiger partial charge in [-0.05, 0) is 24.4 Å². The molecule has 0 saturated heterocycles. The summed E-state index contributed by atoms with van der Waals surface area (Å²) in [4.78, 5) is 16.2. The fourth-order valence-corrected chi connectivity index (χ4v) is 1.46.